The maximum absolute atomic E-state index is 6.27. The van der Waals surface area contributed by atoms with Crippen LogP contribution in [0.25, 0.3) is 0 Å². The van der Waals surface area contributed by atoms with Crippen LogP contribution in [0.3, 0.4) is 0 Å². The molecule has 0 spiro atoms. The first-order valence-corrected chi connectivity index (χ1v) is 6.65. The largest absolute Gasteiger partial charge is 0.464 e. The van der Waals surface area contributed by atoms with Crippen LogP contribution in [0, 0.1) is 6.92 Å². The summed E-state index contributed by atoms with van der Waals surface area (Å²) in [6.07, 6.45) is 0. The molecule has 0 aliphatic heterocycles. The van der Waals surface area contributed by atoms with Crippen molar-refractivity contribution in [1.82, 2.24) is 0 Å². The number of thiophene rings is 1. The van der Waals surface area contributed by atoms with Crippen molar-refractivity contribution in [1.29, 1.82) is 0 Å². The van der Waals surface area contributed by atoms with Crippen molar-refractivity contribution in [2.24, 2.45) is 0 Å². The minimum absolute atomic E-state index is 0.271. The van der Waals surface area contributed by atoms with Crippen LogP contribution in [0.5, 0.6) is 0 Å². The summed E-state index contributed by atoms with van der Waals surface area (Å²) in [5.41, 5.74) is 0. The molecule has 0 aliphatic rings. The molecule has 80 valence electrons. The Morgan fingerprint density at radius 3 is 2.67 bits per heavy atom. The van der Waals surface area contributed by atoms with E-state index in [0.29, 0.717) is 5.02 Å². The van der Waals surface area contributed by atoms with Crippen molar-refractivity contribution in [3.63, 3.8) is 0 Å². The third-order valence-electron chi connectivity index (χ3n) is 1.92. The first-order chi connectivity index (χ1) is 7.08. The summed E-state index contributed by atoms with van der Waals surface area (Å²) in [6.45, 7) is 1.89. The third kappa shape index (κ3) is 2.41. The second kappa shape index (κ2) is 4.50. The summed E-state index contributed by atoms with van der Waals surface area (Å²) < 4.78 is 6.36. The van der Waals surface area contributed by atoms with Gasteiger partial charge in [0.05, 0.1) is 8.81 Å². The van der Waals surface area contributed by atoms with Gasteiger partial charge in [-0.3, -0.25) is 0 Å². The molecule has 0 saturated heterocycles. The Hall–Kier alpha value is 0.0400. The second-order valence-corrected chi connectivity index (χ2v) is 6.33. The SMILES string of the molecule is Cc1ccc(C(Cl)c2cc(Cl)c(Br)s2)o1. The fraction of sp³-hybridized carbons (Fsp3) is 0.200. The van der Waals surface area contributed by atoms with Crippen LogP contribution in [-0.4, -0.2) is 0 Å². The van der Waals surface area contributed by atoms with Gasteiger partial charge in [-0.1, -0.05) is 11.6 Å². The quantitative estimate of drug-likeness (QED) is 0.674. The van der Waals surface area contributed by atoms with Gasteiger partial charge in [-0.25, -0.2) is 0 Å². The van der Waals surface area contributed by atoms with Gasteiger partial charge in [0.25, 0.3) is 0 Å². The zero-order valence-electron chi connectivity index (χ0n) is 7.76. The van der Waals surface area contributed by atoms with Gasteiger partial charge in [-0.15, -0.1) is 22.9 Å². The average Bonchev–Trinajstić information content (AvgIpc) is 2.74. The lowest BCUT2D eigenvalue weighted by Crippen LogP contribution is -1.85. The highest BCUT2D eigenvalue weighted by molar-refractivity contribution is 9.11. The fourth-order valence-corrected chi connectivity index (χ4v) is 3.26. The van der Waals surface area contributed by atoms with E-state index in [1.54, 1.807) is 0 Å². The highest BCUT2D eigenvalue weighted by Crippen LogP contribution is 2.40. The molecule has 0 aromatic carbocycles. The third-order valence-corrected chi connectivity index (χ3v) is 5.04. The van der Waals surface area contributed by atoms with Gasteiger partial charge >= 0.3 is 0 Å². The molecule has 1 nitrogen and oxygen atoms in total. The molecule has 2 aromatic rings. The lowest BCUT2D eigenvalue weighted by Gasteiger charge is -2.02. The number of alkyl halides is 1. The topological polar surface area (TPSA) is 13.1 Å². The smallest absolute Gasteiger partial charge is 0.127 e. The molecule has 1 unspecified atom stereocenters. The molecular formula is C10H7BrCl2OS. The number of hydrogen-bond donors (Lipinski definition) is 0. The van der Waals surface area contributed by atoms with Crippen molar-refractivity contribution < 1.29 is 4.42 Å². The van der Waals surface area contributed by atoms with Crippen molar-refractivity contribution in [2.45, 2.75) is 12.3 Å². The molecule has 0 radical (unpaired) electrons. The van der Waals surface area contributed by atoms with Crippen molar-refractivity contribution in [3.05, 3.63) is 43.4 Å². The highest BCUT2D eigenvalue weighted by Gasteiger charge is 2.18. The van der Waals surface area contributed by atoms with Gasteiger partial charge in [0.15, 0.2) is 0 Å². The molecule has 2 rings (SSSR count). The number of halogens is 3. The van der Waals surface area contributed by atoms with E-state index in [2.05, 4.69) is 15.9 Å². The highest BCUT2D eigenvalue weighted by atomic mass is 79.9. The number of rotatable bonds is 2. The zero-order valence-corrected chi connectivity index (χ0v) is 11.7. The van der Waals surface area contributed by atoms with E-state index in [-0.39, 0.29) is 5.38 Å². The van der Waals surface area contributed by atoms with Crippen molar-refractivity contribution in [3.8, 4) is 0 Å². The van der Waals surface area contributed by atoms with E-state index in [9.17, 15) is 0 Å². The zero-order chi connectivity index (χ0) is 11.0. The molecule has 0 fully saturated rings. The first-order valence-electron chi connectivity index (χ1n) is 4.23. The van der Waals surface area contributed by atoms with Crippen LogP contribution in [0.15, 0.2) is 26.4 Å². The predicted molar refractivity (Wildman–Crippen MR) is 68.2 cm³/mol. The van der Waals surface area contributed by atoms with E-state index in [0.717, 1.165) is 20.2 Å². The number of furan rings is 1. The van der Waals surface area contributed by atoms with Crippen LogP contribution >= 0.6 is 50.5 Å². The average molecular weight is 326 g/mol. The van der Waals surface area contributed by atoms with E-state index >= 15 is 0 Å². The molecule has 0 aliphatic carbocycles. The van der Waals surface area contributed by atoms with Crippen LogP contribution in [-0.2, 0) is 0 Å². The number of aryl methyl sites for hydroxylation is 1. The van der Waals surface area contributed by atoms with E-state index < -0.39 is 0 Å². The molecular weight excluding hydrogens is 319 g/mol. The molecule has 0 bridgehead atoms. The summed E-state index contributed by atoms with van der Waals surface area (Å²) in [5, 5.41) is 0.413. The molecule has 15 heavy (non-hydrogen) atoms. The Balaban J connectivity index is 2.31. The molecule has 2 heterocycles. The predicted octanol–water partition coefficient (Wildman–Crippen LogP) is 5.39. The van der Waals surface area contributed by atoms with Crippen molar-refractivity contribution >= 4 is 50.5 Å². The minimum Gasteiger partial charge on any atom is -0.464 e. The standard InChI is InChI=1S/C10H7BrCl2OS/c1-5-2-3-7(14-5)9(13)8-4-6(12)10(11)15-8/h2-4,9H,1H3. The monoisotopic (exact) mass is 324 g/mol. The minimum atomic E-state index is -0.271. The van der Waals surface area contributed by atoms with Crippen molar-refractivity contribution in [2.75, 3.05) is 0 Å². The molecule has 2 aromatic heterocycles. The normalized spacial score (nSPS) is 13.1. The van der Waals surface area contributed by atoms with Gasteiger partial charge in [0.2, 0.25) is 0 Å². The van der Waals surface area contributed by atoms with Gasteiger partial charge in [-0.05, 0) is 41.1 Å². The maximum atomic E-state index is 6.27. The Labute approximate surface area is 110 Å². The summed E-state index contributed by atoms with van der Waals surface area (Å²) in [4.78, 5) is 0.975. The van der Waals surface area contributed by atoms with Crippen LogP contribution in [0.4, 0.5) is 0 Å². The Kier molecular flexibility index (Phi) is 3.45. The van der Waals surface area contributed by atoms with Crippen LogP contribution in [0.1, 0.15) is 21.8 Å². The summed E-state index contributed by atoms with van der Waals surface area (Å²) in [7, 11) is 0. The maximum Gasteiger partial charge on any atom is 0.127 e. The molecule has 0 amide bonds. The molecule has 0 N–H and O–H groups in total. The van der Waals surface area contributed by atoms with Crippen LogP contribution in [0.2, 0.25) is 5.02 Å². The van der Waals surface area contributed by atoms with E-state index in [1.165, 1.54) is 11.3 Å². The second-order valence-electron chi connectivity index (χ2n) is 3.08. The van der Waals surface area contributed by atoms with E-state index in [4.69, 9.17) is 27.6 Å². The van der Waals surface area contributed by atoms with Gasteiger partial charge in [0, 0.05) is 4.88 Å². The van der Waals surface area contributed by atoms with Gasteiger partial charge < -0.3 is 4.42 Å². The molecule has 5 heteroatoms. The summed E-state index contributed by atoms with van der Waals surface area (Å²) in [6, 6.07) is 5.63. The summed E-state index contributed by atoms with van der Waals surface area (Å²) in [5.74, 6) is 1.61. The van der Waals surface area contributed by atoms with Crippen LogP contribution < -0.4 is 0 Å². The Morgan fingerprint density at radius 2 is 2.20 bits per heavy atom. The van der Waals surface area contributed by atoms with Gasteiger partial charge in [0.1, 0.15) is 16.9 Å². The lowest BCUT2D eigenvalue weighted by atomic mass is 10.3. The molecule has 1 atom stereocenters. The van der Waals surface area contributed by atoms with E-state index in [1.807, 2.05) is 25.1 Å². The lowest BCUT2D eigenvalue weighted by molar-refractivity contribution is 0.490. The molecule has 0 saturated carbocycles. The fourth-order valence-electron chi connectivity index (χ4n) is 1.22. The first kappa shape index (κ1) is 11.5. The Bertz CT molecular complexity index is 458. The number of hydrogen-bond acceptors (Lipinski definition) is 2. The van der Waals surface area contributed by atoms with Gasteiger partial charge in [-0.2, -0.15) is 0 Å². The Morgan fingerprint density at radius 1 is 1.47 bits per heavy atom. The summed E-state index contributed by atoms with van der Waals surface area (Å²) >= 11 is 17.1.